The van der Waals surface area contributed by atoms with E-state index in [1.165, 1.54) is 0 Å². The van der Waals surface area contributed by atoms with Crippen LogP contribution in [-0.4, -0.2) is 24.0 Å². The highest BCUT2D eigenvalue weighted by Crippen LogP contribution is 2.09. The van der Waals surface area contributed by atoms with Crippen LogP contribution >= 0.6 is 0 Å². The van der Waals surface area contributed by atoms with Crippen LogP contribution in [-0.2, 0) is 0 Å². The van der Waals surface area contributed by atoms with Crippen LogP contribution in [0.4, 0.5) is 5.69 Å². The summed E-state index contributed by atoms with van der Waals surface area (Å²) in [6.07, 6.45) is 4.90. The third-order valence-electron chi connectivity index (χ3n) is 3.28. The highest BCUT2D eigenvalue weighted by atomic mass is 16.1. The summed E-state index contributed by atoms with van der Waals surface area (Å²) < 4.78 is 0. The lowest BCUT2D eigenvalue weighted by Gasteiger charge is -2.13. The van der Waals surface area contributed by atoms with Crippen molar-refractivity contribution in [2.24, 2.45) is 5.92 Å². The zero-order valence-corrected chi connectivity index (χ0v) is 12.2. The van der Waals surface area contributed by atoms with Gasteiger partial charge in [-0.2, -0.15) is 0 Å². The van der Waals surface area contributed by atoms with E-state index in [2.05, 4.69) is 36.4 Å². The van der Waals surface area contributed by atoms with Crippen LogP contribution in [0.25, 0.3) is 0 Å². The third-order valence-corrected chi connectivity index (χ3v) is 3.28. The second-order valence-corrected chi connectivity index (χ2v) is 4.75. The van der Waals surface area contributed by atoms with Gasteiger partial charge in [0.2, 0.25) is 0 Å². The molecule has 0 atom stereocenters. The molecule has 19 heavy (non-hydrogen) atoms. The molecule has 1 aromatic rings. The van der Waals surface area contributed by atoms with E-state index in [1.54, 1.807) is 12.3 Å². The molecule has 0 aliphatic heterocycles. The van der Waals surface area contributed by atoms with E-state index in [4.69, 9.17) is 0 Å². The minimum Gasteiger partial charge on any atom is -0.385 e. The first-order valence-corrected chi connectivity index (χ1v) is 7.19. The fourth-order valence-corrected chi connectivity index (χ4v) is 1.84. The van der Waals surface area contributed by atoms with E-state index in [1.807, 2.05) is 6.07 Å². The van der Waals surface area contributed by atoms with Crippen LogP contribution in [0.2, 0.25) is 0 Å². The van der Waals surface area contributed by atoms with Crippen LogP contribution in [0.15, 0.2) is 18.3 Å². The van der Waals surface area contributed by atoms with E-state index < -0.39 is 0 Å². The van der Waals surface area contributed by atoms with Crippen molar-refractivity contribution in [3.8, 4) is 0 Å². The summed E-state index contributed by atoms with van der Waals surface area (Å²) in [4.78, 5) is 16.1. The van der Waals surface area contributed by atoms with Crippen molar-refractivity contribution < 1.29 is 4.79 Å². The zero-order valence-electron chi connectivity index (χ0n) is 12.2. The molecule has 0 unspecified atom stereocenters. The molecule has 0 bridgehead atoms. The topological polar surface area (TPSA) is 54.0 Å². The Labute approximate surface area is 116 Å². The molecule has 0 radical (unpaired) electrons. The van der Waals surface area contributed by atoms with E-state index in [9.17, 15) is 4.79 Å². The normalized spacial score (nSPS) is 10.5. The molecule has 0 aliphatic carbocycles. The number of carbonyl (C=O) groups is 1. The molecular formula is C15H25N3O. The minimum absolute atomic E-state index is 0.0907. The minimum atomic E-state index is -0.0907. The average molecular weight is 263 g/mol. The van der Waals surface area contributed by atoms with Gasteiger partial charge >= 0.3 is 0 Å². The molecule has 0 saturated heterocycles. The van der Waals surface area contributed by atoms with Gasteiger partial charge < -0.3 is 10.6 Å². The Bertz CT molecular complexity index is 389. The first-order chi connectivity index (χ1) is 9.21. The number of hydrogen-bond acceptors (Lipinski definition) is 3. The largest absolute Gasteiger partial charge is 0.385 e. The van der Waals surface area contributed by atoms with Gasteiger partial charge in [0.1, 0.15) is 5.69 Å². The molecule has 1 aromatic heterocycles. The Morgan fingerprint density at radius 2 is 2.05 bits per heavy atom. The number of aromatic nitrogens is 1. The summed E-state index contributed by atoms with van der Waals surface area (Å²) in [6, 6.07) is 3.69. The lowest BCUT2D eigenvalue weighted by Crippen LogP contribution is -2.29. The quantitative estimate of drug-likeness (QED) is 0.758. The van der Waals surface area contributed by atoms with Gasteiger partial charge in [-0.15, -0.1) is 0 Å². The second-order valence-electron chi connectivity index (χ2n) is 4.75. The molecule has 1 heterocycles. The number of pyridine rings is 1. The predicted molar refractivity (Wildman–Crippen MR) is 79.4 cm³/mol. The van der Waals surface area contributed by atoms with Crippen molar-refractivity contribution in [2.75, 3.05) is 18.4 Å². The first kappa shape index (κ1) is 15.5. The molecular weight excluding hydrogens is 238 g/mol. The van der Waals surface area contributed by atoms with Gasteiger partial charge in [0.25, 0.3) is 5.91 Å². The lowest BCUT2D eigenvalue weighted by molar-refractivity contribution is 0.0941. The number of nitrogens with one attached hydrogen (secondary N) is 2. The summed E-state index contributed by atoms with van der Waals surface area (Å²) in [5.74, 6) is 0.456. The molecule has 1 rings (SSSR count). The maximum absolute atomic E-state index is 12.0. The van der Waals surface area contributed by atoms with Crippen molar-refractivity contribution in [2.45, 2.75) is 40.0 Å². The van der Waals surface area contributed by atoms with Crippen LogP contribution in [0, 0.1) is 5.92 Å². The smallest absolute Gasteiger partial charge is 0.269 e. The van der Waals surface area contributed by atoms with Crippen LogP contribution in [0.5, 0.6) is 0 Å². The summed E-state index contributed by atoms with van der Waals surface area (Å²) in [6.45, 7) is 8.03. The molecule has 1 amide bonds. The van der Waals surface area contributed by atoms with Crippen molar-refractivity contribution >= 4 is 11.6 Å². The third kappa shape index (κ3) is 5.28. The monoisotopic (exact) mass is 263 g/mol. The van der Waals surface area contributed by atoms with Gasteiger partial charge in [0, 0.05) is 25.0 Å². The summed E-state index contributed by atoms with van der Waals surface area (Å²) in [7, 11) is 0. The fourth-order valence-electron chi connectivity index (χ4n) is 1.84. The number of anilines is 1. The maximum atomic E-state index is 12.0. The van der Waals surface area contributed by atoms with E-state index in [0.29, 0.717) is 11.6 Å². The van der Waals surface area contributed by atoms with Crippen molar-refractivity contribution in [3.63, 3.8) is 0 Å². The van der Waals surface area contributed by atoms with Gasteiger partial charge in [0.15, 0.2) is 0 Å². The summed E-state index contributed by atoms with van der Waals surface area (Å²) >= 11 is 0. The molecule has 0 aromatic carbocycles. The summed E-state index contributed by atoms with van der Waals surface area (Å²) in [5.41, 5.74) is 1.43. The Morgan fingerprint density at radius 3 is 2.68 bits per heavy atom. The molecule has 106 valence electrons. The first-order valence-electron chi connectivity index (χ1n) is 7.19. The highest BCUT2D eigenvalue weighted by molar-refractivity contribution is 5.93. The Morgan fingerprint density at radius 1 is 1.32 bits per heavy atom. The van der Waals surface area contributed by atoms with Crippen LogP contribution in [0.3, 0.4) is 0 Å². The number of hydrogen-bond donors (Lipinski definition) is 2. The van der Waals surface area contributed by atoms with Crippen LogP contribution < -0.4 is 10.6 Å². The Kier molecular flexibility index (Phi) is 6.93. The van der Waals surface area contributed by atoms with Gasteiger partial charge in [0.05, 0.1) is 0 Å². The maximum Gasteiger partial charge on any atom is 0.269 e. The molecule has 2 N–H and O–H groups in total. The van der Waals surface area contributed by atoms with Gasteiger partial charge in [-0.25, -0.2) is 0 Å². The van der Waals surface area contributed by atoms with Crippen molar-refractivity contribution in [3.05, 3.63) is 24.0 Å². The van der Waals surface area contributed by atoms with Gasteiger partial charge in [-0.05, 0) is 24.5 Å². The predicted octanol–water partition coefficient (Wildman–Crippen LogP) is 3.07. The standard InChI is InChI=1S/C15H25N3O/c1-4-8-16-13-7-9-17-14(10-13)15(19)18-11-12(5-2)6-3/h7,9-10,12H,4-6,8,11H2,1-3H3,(H,16,17)(H,18,19). The number of rotatable bonds is 8. The summed E-state index contributed by atoms with van der Waals surface area (Å²) in [5, 5.41) is 6.21. The SMILES string of the molecule is CCCNc1ccnc(C(=O)NCC(CC)CC)c1. The Balaban J connectivity index is 2.56. The van der Waals surface area contributed by atoms with Crippen molar-refractivity contribution in [1.82, 2.24) is 10.3 Å². The molecule has 4 nitrogen and oxygen atoms in total. The Hall–Kier alpha value is -1.58. The van der Waals surface area contributed by atoms with Crippen LogP contribution in [0.1, 0.15) is 50.5 Å². The number of carbonyl (C=O) groups excluding carboxylic acids is 1. The van der Waals surface area contributed by atoms with E-state index in [-0.39, 0.29) is 5.91 Å². The average Bonchev–Trinajstić information content (AvgIpc) is 2.46. The molecule has 0 saturated carbocycles. The van der Waals surface area contributed by atoms with E-state index >= 15 is 0 Å². The van der Waals surface area contributed by atoms with Gasteiger partial charge in [-0.3, -0.25) is 9.78 Å². The highest BCUT2D eigenvalue weighted by Gasteiger charge is 2.10. The van der Waals surface area contributed by atoms with Gasteiger partial charge in [-0.1, -0.05) is 33.6 Å². The lowest BCUT2D eigenvalue weighted by atomic mass is 10.0. The molecule has 4 heteroatoms. The molecule has 0 fully saturated rings. The fraction of sp³-hybridized carbons (Fsp3) is 0.600. The number of nitrogens with zero attached hydrogens (tertiary/aromatic N) is 1. The second kappa shape index (κ2) is 8.51. The molecule has 0 spiro atoms. The zero-order chi connectivity index (χ0) is 14.1. The van der Waals surface area contributed by atoms with E-state index in [0.717, 1.165) is 38.0 Å². The molecule has 0 aliphatic rings. The van der Waals surface area contributed by atoms with Crippen molar-refractivity contribution in [1.29, 1.82) is 0 Å². The number of amides is 1.